The molecule has 20 heavy (non-hydrogen) atoms. The van der Waals surface area contributed by atoms with Crippen molar-refractivity contribution < 1.29 is 24.2 Å². The molecule has 0 bridgehead atoms. The van der Waals surface area contributed by atoms with E-state index in [2.05, 4.69) is 5.32 Å². The van der Waals surface area contributed by atoms with Crippen molar-refractivity contribution in [3.05, 3.63) is 30.3 Å². The summed E-state index contributed by atoms with van der Waals surface area (Å²) in [6, 6.07) is 6.24. The minimum Gasteiger partial charge on any atom is -0.481 e. The van der Waals surface area contributed by atoms with Crippen molar-refractivity contribution in [3.8, 4) is 5.75 Å². The second-order valence-electron chi connectivity index (χ2n) is 4.17. The van der Waals surface area contributed by atoms with Gasteiger partial charge in [-0.25, -0.2) is 4.79 Å². The average Bonchev–Trinajstić information content (AvgIpc) is 2.38. The number of carboxylic acid groups (broad SMARTS) is 1. The van der Waals surface area contributed by atoms with Crippen molar-refractivity contribution in [2.24, 2.45) is 5.73 Å². The summed E-state index contributed by atoms with van der Waals surface area (Å²) < 4.78 is 5.03. The minimum atomic E-state index is -1.21. The molecule has 1 rings (SSSR count). The van der Waals surface area contributed by atoms with Gasteiger partial charge in [0.05, 0.1) is 12.5 Å². The lowest BCUT2D eigenvalue weighted by molar-refractivity contribution is -0.140. The number of benzene rings is 1. The Kier molecular flexibility index (Phi) is 5.67. The fourth-order valence-electron chi connectivity index (χ4n) is 1.35. The fourth-order valence-corrected chi connectivity index (χ4v) is 1.35. The quantitative estimate of drug-likeness (QED) is 0.494. The zero-order chi connectivity index (χ0) is 15.1. The molecule has 4 N–H and O–H groups in total. The number of aliphatic carboxylic acids is 1. The first-order valence-corrected chi connectivity index (χ1v) is 5.94. The number of rotatable bonds is 6. The Morgan fingerprint density at radius 1 is 1.30 bits per heavy atom. The maximum Gasteiger partial charge on any atom is 0.333 e. The first-order chi connectivity index (χ1) is 9.40. The Morgan fingerprint density at radius 3 is 2.45 bits per heavy atom. The second-order valence-corrected chi connectivity index (χ2v) is 4.17. The van der Waals surface area contributed by atoms with Crippen LogP contribution in [0.4, 0.5) is 0 Å². The Bertz CT molecular complexity index is 489. The smallest absolute Gasteiger partial charge is 0.333 e. The summed E-state index contributed by atoms with van der Waals surface area (Å²) in [4.78, 5) is 33.7. The topological polar surface area (TPSA) is 119 Å². The number of hydrogen-bond acceptors (Lipinski definition) is 5. The molecule has 0 aliphatic heterocycles. The molecule has 0 saturated carbocycles. The lowest BCUT2D eigenvalue weighted by atomic mass is 10.2. The van der Waals surface area contributed by atoms with Gasteiger partial charge in [0.15, 0.2) is 0 Å². The van der Waals surface area contributed by atoms with E-state index in [1.807, 2.05) is 0 Å². The van der Waals surface area contributed by atoms with Crippen molar-refractivity contribution in [2.45, 2.75) is 25.4 Å². The van der Waals surface area contributed by atoms with E-state index < -0.39 is 36.4 Å². The number of para-hydroxylation sites is 1. The van der Waals surface area contributed by atoms with Gasteiger partial charge in [-0.3, -0.25) is 9.59 Å². The molecule has 1 amide bonds. The fraction of sp³-hybridized carbons (Fsp3) is 0.308. The molecule has 0 aliphatic carbocycles. The molecule has 0 saturated heterocycles. The Labute approximate surface area is 115 Å². The number of esters is 1. The van der Waals surface area contributed by atoms with Crippen LogP contribution >= 0.6 is 0 Å². The molecule has 108 valence electrons. The zero-order valence-electron chi connectivity index (χ0n) is 10.9. The van der Waals surface area contributed by atoms with Crippen molar-refractivity contribution in [1.82, 2.24) is 5.32 Å². The van der Waals surface area contributed by atoms with Gasteiger partial charge < -0.3 is 20.9 Å². The van der Waals surface area contributed by atoms with Gasteiger partial charge in [0, 0.05) is 0 Å². The first kappa shape index (κ1) is 15.6. The number of carbonyl (C=O) groups is 3. The van der Waals surface area contributed by atoms with Crippen LogP contribution in [0, 0.1) is 0 Å². The van der Waals surface area contributed by atoms with E-state index in [0.29, 0.717) is 5.75 Å². The lowest BCUT2D eigenvalue weighted by Gasteiger charge is -2.15. The normalized spacial score (nSPS) is 13.1. The molecule has 1 aromatic rings. The molecule has 0 radical (unpaired) electrons. The molecule has 0 fully saturated rings. The molecule has 7 heteroatoms. The molecule has 2 atom stereocenters. The highest BCUT2D eigenvalue weighted by molar-refractivity contribution is 5.90. The number of nitrogens with one attached hydrogen (secondary N) is 1. The largest absolute Gasteiger partial charge is 0.481 e. The van der Waals surface area contributed by atoms with Crippen molar-refractivity contribution >= 4 is 17.8 Å². The van der Waals surface area contributed by atoms with E-state index in [1.54, 1.807) is 30.3 Å². The van der Waals surface area contributed by atoms with Crippen LogP contribution < -0.4 is 15.8 Å². The van der Waals surface area contributed by atoms with Crippen LogP contribution in [0.1, 0.15) is 13.3 Å². The summed E-state index contributed by atoms with van der Waals surface area (Å²) >= 11 is 0. The maximum absolute atomic E-state index is 11.7. The van der Waals surface area contributed by atoms with Gasteiger partial charge in [0.25, 0.3) is 0 Å². The molecular weight excluding hydrogens is 264 g/mol. The number of amides is 1. The predicted octanol–water partition coefficient (Wildman–Crippen LogP) is -0.101. The van der Waals surface area contributed by atoms with E-state index in [-0.39, 0.29) is 0 Å². The summed E-state index contributed by atoms with van der Waals surface area (Å²) in [6.45, 7) is 1.43. The van der Waals surface area contributed by atoms with E-state index in [4.69, 9.17) is 15.6 Å². The standard InChI is InChI=1S/C13H16N2O5/c1-8(15-12(18)10(14)7-11(16)17)13(19)20-9-5-3-2-4-6-9/h2-6,8,10H,7,14H2,1H3,(H,15,18)(H,16,17)/t8-,10-/m0/s1. The van der Waals surface area contributed by atoms with Crippen molar-refractivity contribution in [2.75, 3.05) is 0 Å². The Morgan fingerprint density at radius 2 is 1.90 bits per heavy atom. The Balaban J connectivity index is 2.49. The highest BCUT2D eigenvalue weighted by Crippen LogP contribution is 2.09. The summed E-state index contributed by atoms with van der Waals surface area (Å²) in [6.07, 6.45) is -0.508. The van der Waals surface area contributed by atoms with Crippen LogP contribution in [0.15, 0.2) is 30.3 Å². The van der Waals surface area contributed by atoms with E-state index >= 15 is 0 Å². The summed E-state index contributed by atoms with van der Waals surface area (Å²) in [5, 5.41) is 10.8. The molecule has 0 spiro atoms. The minimum absolute atomic E-state index is 0.355. The Hall–Kier alpha value is -2.41. The van der Waals surface area contributed by atoms with Crippen LogP contribution in [0.5, 0.6) is 5.75 Å². The van der Waals surface area contributed by atoms with Crippen molar-refractivity contribution in [3.63, 3.8) is 0 Å². The highest BCUT2D eigenvalue weighted by Gasteiger charge is 2.22. The monoisotopic (exact) mass is 280 g/mol. The summed E-state index contributed by atoms with van der Waals surface area (Å²) in [5.41, 5.74) is 5.37. The van der Waals surface area contributed by atoms with E-state index in [9.17, 15) is 14.4 Å². The number of carbonyl (C=O) groups excluding carboxylic acids is 2. The summed E-state index contributed by atoms with van der Waals surface area (Å²) in [5.74, 6) is -2.21. The van der Waals surface area contributed by atoms with Crippen LogP contribution in [0.25, 0.3) is 0 Å². The third kappa shape index (κ3) is 5.07. The number of nitrogens with two attached hydrogens (primary N) is 1. The van der Waals surface area contributed by atoms with Crippen LogP contribution in [-0.4, -0.2) is 35.0 Å². The second kappa shape index (κ2) is 7.25. The molecule has 7 nitrogen and oxygen atoms in total. The third-order valence-electron chi connectivity index (χ3n) is 2.41. The average molecular weight is 280 g/mol. The van der Waals surface area contributed by atoms with E-state index in [0.717, 1.165) is 0 Å². The number of carboxylic acids is 1. The van der Waals surface area contributed by atoms with E-state index in [1.165, 1.54) is 6.92 Å². The van der Waals surface area contributed by atoms with Crippen molar-refractivity contribution in [1.29, 1.82) is 0 Å². The SMILES string of the molecule is C[C@H](NC(=O)[C@@H](N)CC(=O)O)C(=O)Oc1ccccc1. The van der Waals surface area contributed by atoms with Crippen LogP contribution in [0.3, 0.4) is 0 Å². The van der Waals surface area contributed by atoms with Crippen LogP contribution in [-0.2, 0) is 14.4 Å². The van der Waals surface area contributed by atoms with Crippen LogP contribution in [0.2, 0.25) is 0 Å². The van der Waals surface area contributed by atoms with Gasteiger partial charge in [-0.1, -0.05) is 18.2 Å². The molecule has 1 aromatic carbocycles. The zero-order valence-corrected chi connectivity index (χ0v) is 10.9. The van der Waals surface area contributed by atoms with Gasteiger partial charge >= 0.3 is 11.9 Å². The maximum atomic E-state index is 11.7. The molecule has 0 heterocycles. The number of ether oxygens (including phenoxy) is 1. The van der Waals surface area contributed by atoms with Gasteiger partial charge in [-0.05, 0) is 19.1 Å². The van der Waals surface area contributed by atoms with Gasteiger partial charge in [-0.2, -0.15) is 0 Å². The first-order valence-electron chi connectivity index (χ1n) is 5.94. The molecule has 0 aliphatic rings. The summed E-state index contributed by atoms with van der Waals surface area (Å²) in [7, 11) is 0. The van der Waals surface area contributed by atoms with Gasteiger partial charge in [0.1, 0.15) is 11.8 Å². The highest BCUT2D eigenvalue weighted by atomic mass is 16.5. The molecular formula is C13H16N2O5. The molecule has 0 aromatic heterocycles. The molecule has 0 unspecified atom stereocenters. The number of hydrogen-bond donors (Lipinski definition) is 3. The predicted molar refractivity (Wildman–Crippen MR) is 69.9 cm³/mol. The van der Waals surface area contributed by atoms with Gasteiger partial charge in [-0.15, -0.1) is 0 Å². The lowest BCUT2D eigenvalue weighted by Crippen LogP contribution is -2.48. The third-order valence-corrected chi connectivity index (χ3v) is 2.41. The van der Waals surface area contributed by atoms with Gasteiger partial charge in [0.2, 0.25) is 5.91 Å².